The first kappa shape index (κ1) is 28.2. The molecule has 12 heteroatoms. The van der Waals surface area contributed by atoms with Crippen LogP contribution in [-0.4, -0.2) is 50.5 Å². The number of rotatable bonds is 11. The molecule has 0 aliphatic carbocycles. The van der Waals surface area contributed by atoms with E-state index >= 15 is 0 Å². The molecule has 200 valence electrons. The standard InChI is InChI=1S/C26H28N4O7S/c1-3-36-26(32)23(30-38(34,35)22-14-4-17(2)5-15-22)16-28-25(31)19-8-12-21(13-9-19)37-20-10-6-18(7-11-20)24(27)29-33/h4-15,23,30,33H,3,16H2,1-2H3,(H2,27,29)(H,28,31). The van der Waals surface area contributed by atoms with E-state index in [-0.39, 0.29) is 29.4 Å². The van der Waals surface area contributed by atoms with Gasteiger partial charge in [0.25, 0.3) is 5.91 Å². The summed E-state index contributed by atoms with van der Waals surface area (Å²) in [5.41, 5.74) is 7.21. The van der Waals surface area contributed by atoms with Gasteiger partial charge < -0.3 is 25.7 Å². The number of amidine groups is 1. The molecule has 3 rings (SSSR count). The molecule has 1 atom stereocenters. The van der Waals surface area contributed by atoms with Gasteiger partial charge in [0.1, 0.15) is 17.5 Å². The summed E-state index contributed by atoms with van der Waals surface area (Å²) in [6, 6.07) is 17.5. The van der Waals surface area contributed by atoms with Gasteiger partial charge >= 0.3 is 5.97 Å². The molecule has 0 aliphatic rings. The summed E-state index contributed by atoms with van der Waals surface area (Å²) in [7, 11) is -4.04. The summed E-state index contributed by atoms with van der Waals surface area (Å²) in [6.45, 7) is 3.14. The number of hydrogen-bond acceptors (Lipinski definition) is 8. The van der Waals surface area contributed by atoms with Gasteiger partial charge in [-0.1, -0.05) is 22.9 Å². The third-order valence-corrected chi connectivity index (χ3v) is 6.76. The summed E-state index contributed by atoms with van der Waals surface area (Å²) in [4.78, 5) is 25.1. The van der Waals surface area contributed by atoms with Crippen molar-refractivity contribution in [1.82, 2.24) is 10.0 Å². The Balaban J connectivity index is 1.64. The molecule has 11 nitrogen and oxygen atoms in total. The molecule has 0 saturated heterocycles. The van der Waals surface area contributed by atoms with Crippen LogP contribution in [0.3, 0.4) is 0 Å². The molecule has 3 aromatic rings. The van der Waals surface area contributed by atoms with Crippen LogP contribution >= 0.6 is 0 Å². The molecular weight excluding hydrogens is 512 g/mol. The number of sulfonamides is 1. The zero-order valence-electron chi connectivity index (χ0n) is 20.7. The van der Waals surface area contributed by atoms with E-state index in [2.05, 4.69) is 15.2 Å². The third kappa shape index (κ3) is 7.54. The molecule has 0 fully saturated rings. The number of hydrogen-bond donors (Lipinski definition) is 4. The first-order valence-electron chi connectivity index (χ1n) is 11.5. The van der Waals surface area contributed by atoms with E-state index in [1.807, 2.05) is 6.92 Å². The van der Waals surface area contributed by atoms with Crippen LogP contribution in [0.1, 0.15) is 28.4 Å². The zero-order valence-corrected chi connectivity index (χ0v) is 21.6. The number of ether oxygens (including phenoxy) is 2. The fourth-order valence-electron chi connectivity index (χ4n) is 3.25. The lowest BCUT2D eigenvalue weighted by Crippen LogP contribution is -2.49. The SMILES string of the molecule is CCOC(=O)C(CNC(=O)c1ccc(Oc2ccc(C(N)=NO)cc2)cc1)NS(=O)(=O)c1ccc(C)cc1. The molecule has 5 N–H and O–H groups in total. The van der Waals surface area contributed by atoms with E-state index in [0.717, 1.165) is 5.56 Å². The summed E-state index contributed by atoms with van der Waals surface area (Å²) < 4.78 is 38.5. The van der Waals surface area contributed by atoms with E-state index in [1.165, 1.54) is 24.3 Å². The minimum absolute atomic E-state index is 0.0149. The molecule has 0 spiro atoms. The molecule has 1 unspecified atom stereocenters. The molecule has 0 bridgehead atoms. The lowest BCUT2D eigenvalue weighted by molar-refractivity contribution is -0.144. The molecule has 38 heavy (non-hydrogen) atoms. The molecule has 0 heterocycles. The minimum atomic E-state index is -4.04. The van der Waals surface area contributed by atoms with Gasteiger partial charge in [-0.15, -0.1) is 0 Å². The Morgan fingerprint density at radius 3 is 2.03 bits per heavy atom. The quantitative estimate of drug-likeness (QED) is 0.0945. The maximum atomic E-state index is 12.8. The second kappa shape index (κ2) is 12.7. The lowest BCUT2D eigenvalue weighted by atomic mass is 10.2. The average Bonchev–Trinajstić information content (AvgIpc) is 2.91. The van der Waals surface area contributed by atoms with Gasteiger partial charge in [0.05, 0.1) is 11.5 Å². The van der Waals surface area contributed by atoms with Gasteiger partial charge in [-0.2, -0.15) is 4.72 Å². The first-order valence-corrected chi connectivity index (χ1v) is 13.0. The van der Waals surface area contributed by atoms with Crippen molar-refractivity contribution in [3.63, 3.8) is 0 Å². The molecule has 3 aromatic carbocycles. The number of benzene rings is 3. The van der Waals surface area contributed by atoms with Crippen molar-refractivity contribution < 1.29 is 32.7 Å². The second-order valence-electron chi connectivity index (χ2n) is 8.09. The van der Waals surface area contributed by atoms with Crippen LogP contribution in [0.5, 0.6) is 11.5 Å². The van der Waals surface area contributed by atoms with Crippen LogP contribution < -0.4 is 20.5 Å². The molecule has 0 saturated carbocycles. The Labute approximate surface area is 220 Å². The number of carbonyl (C=O) groups excluding carboxylic acids is 2. The lowest BCUT2D eigenvalue weighted by Gasteiger charge is -2.18. The van der Waals surface area contributed by atoms with Crippen molar-refractivity contribution in [3.8, 4) is 11.5 Å². The van der Waals surface area contributed by atoms with Gasteiger partial charge in [0.2, 0.25) is 10.0 Å². The Morgan fingerprint density at radius 2 is 1.50 bits per heavy atom. The fourth-order valence-corrected chi connectivity index (χ4v) is 4.43. The van der Waals surface area contributed by atoms with Gasteiger partial charge in [0, 0.05) is 17.7 Å². The maximum absolute atomic E-state index is 12.8. The summed E-state index contributed by atoms with van der Waals surface area (Å²) >= 11 is 0. The normalized spacial score (nSPS) is 12.4. The van der Waals surface area contributed by atoms with Crippen LogP contribution in [0.15, 0.2) is 82.8 Å². The number of carbonyl (C=O) groups is 2. The Bertz CT molecular complexity index is 1390. The number of aryl methyl sites for hydroxylation is 1. The van der Waals surface area contributed by atoms with Crippen LogP contribution in [0.2, 0.25) is 0 Å². The number of nitrogens with one attached hydrogen (secondary N) is 2. The molecule has 0 aliphatic heterocycles. The van der Waals surface area contributed by atoms with Crippen molar-refractivity contribution in [3.05, 3.63) is 89.5 Å². The highest BCUT2D eigenvalue weighted by atomic mass is 32.2. The summed E-state index contributed by atoms with van der Waals surface area (Å²) in [5.74, 6) is -0.419. The highest BCUT2D eigenvalue weighted by molar-refractivity contribution is 7.89. The Kier molecular flexibility index (Phi) is 9.41. The summed E-state index contributed by atoms with van der Waals surface area (Å²) in [6.07, 6.45) is 0. The minimum Gasteiger partial charge on any atom is -0.465 e. The predicted octanol–water partition coefficient (Wildman–Crippen LogP) is 2.52. The first-order chi connectivity index (χ1) is 18.1. The largest absolute Gasteiger partial charge is 0.465 e. The van der Waals surface area contributed by atoms with Gasteiger partial charge in [-0.3, -0.25) is 9.59 Å². The van der Waals surface area contributed by atoms with Crippen molar-refractivity contribution in [2.45, 2.75) is 24.8 Å². The Hall–Kier alpha value is -4.42. The average molecular weight is 541 g/mol. The third-order valence-electron chi connectivity index (χ3n) is 5.28. The maximum Gasteiger partial charge on any atom is 0.326 e. The fraction of sp³-hybridized carbons (Fsp3) is 0.192. The number of esters is 1. The van der Waals surface area contributed by atoms with Crippen molar-refractivity contribution >= 4 is 27.7 Å². The van der Waals surface area contributed by atoms with E-state index < -0.39 is 27.9 Å². The van der Waals surface area contributed by atoms with E-state index in [9.17, 15) is 18.0 Å². The number of oxime groups is 1. The molecular formula is C26H28N4O7S. The molecule has 1 amide bonds. The van der Waals surface area contributed by atoms with Crippen LogP contribution in [0.25, 0.3) is 0 Å². The van der Waals surface area contributed by atoms with E-state index in [4.69, 9.17) is 20.4 Å². The molecule has 0 radical (unpaired) electrons. The van der Waals surface area contributed by atoms with E-state index in [1.54, 1.807) is 55.5 Å². The monoisotopic (exact) mass is 540 g/mol. The van der Waals surface area contributed by atoms with Gasteiger partial charge in [-0.25, -0.2) is 8.42 Å². The van der Waals surface area contributed by atoms with Gasteiger partial charge in [-0.05, 0) is 74.5 Å². The predicted molar refractivity (Wildman–Crippen MR) is 140 cm³/mol. The van der Waals surface area contributed by atoms with Crippen LogP contribution in [-0.2, 0) is 19.6 Å². The van der Waals surface area contributed by atoms with Crippen molar-refractivity contribution in [1.29, 1.82) is 0 Å². The molecule has 0 aromatic heterocycles. The number of amides is 1. The zero-order chi connectivity index (χ0) is 27.7. The summed E-state index contributed by atoms with van der Waals surface area (Å²) in [5, 5.41) is 14.2. The number of nitrogens with zero attached hydrogens (tertiary/aromatic N) is 1. The van der Waals surface area contributed by atoms with E-state index in [0.29, 0.717) is 17.1 Å². The Morgan fingerprint density at radius 1 is 0.947 bits per heavy atom. The van der Waals surface area contributed by atoms with Crippen LogP contribution in [0, 0.1) is 6.92 Å². The van der Waals surface area contributed by atoms with Crippen LogP contribution in [0.4, 0.5) is 0 Å². The topological polar surface area (TPSA) is 169 Å². The second-order valence-corrected chi connectivity index (χ2v) is 9.80. The van der Waals surface area contributed by atoms with Crippen molar-refractivity contribution in [2.24, 2.45) is 10.9 Å². The number of nitrogens with two attached hydrogens (primary N) is 1. The smallest absolute Gasteiger partial charge is 0.326 e. The van der Waals surface area contributed by atoms with Gasteiger partial charge in [0.15, 0.2) is 5.84 Å². The van der Waals surface area contributed by atoms with Crippen molar-refractivity contribution in [2.75, 3.05) is 13.2 Å². The highest BCUT2D eigenvalue weighted by Crippen LogP contribution is 2.22. The highest BCUT2D eigenvalue weighted by Gasteiger charge is 2.27.